The van der Waals surface area contributed by atoms with Crippen LogP contribution in [0, 0.1) is 0 Å². The first-order chi connectivity index (χ1) is 12.5. The molecule has 0 aliphatic heterocycles. The molecule has 0 aliphatic carbocycles. The number of anilines is 1. The molecular formula is C18H19N3O4S. The Balaban J connectivity index is 1.93. The minimum atomic E-state index is -0.567. The van der Waals surface area contributed by atoms with E-state index in [1.54, 1.807) is 14.0 Å². The molecule has 0 saturated carbocycles. The summed E-state index contributed by atoms with van der Waals surface area (Å²) in [6.07, 6.45) is 1.40. The van der Waals surface area contributed by atoms with E-state index in [4.69, 9.17) is 9.47 Å². The number of aromatic hydroxyl groups is 1. The predicted molar refractivity (Wildman–Crippen MR) is 100 cm³/mol. The molecule has 2 heterocycles. The van der Waals surface area contributed by atoms with Crippen molar-refractivity contribution in [2.45, 2.75) is 19.9 Å². The number of ether oxygens (including phenoxy) is 2. The summed E-state index contributed by atoms with van der Waals surface area (Å²) in [5.74, 6) is 0.512. The zero-order chi connectivity index (χ0) is 18.7. The maximum Gasteiger partial charge on any atom is 0.352 e. The van der Waals surface area contributed by atoms with E-state index in [0.29, 0.717) is 16.0 Å². The van der Waals surface area contributed by atoms with Crippen molar-refractivity contribution in [3.63, 3.8) is 0 Å². The Kier molecular flexibility index (Phi) is 5.22. The lowest BCUT2D eigenvalue weighted by Crippen LogP contribution is -2.08. The van der Waals surface area contributed by atoms with Gasteiger partial charge >= 0.3 is 5.97 Å². The summed E-state index contributed by atoms with van der Waals surface area (Å²) in [6, 6.07) is 7.58. The van der Waals surface area contributed by atoms with E-state index < -0.39 is 5.97 Å². The Labute approximate surface area is 154 Å². The van der Waals surface area contributed by atoms with Crippen LogP contribution >= 0.6 is 11.3 Å². The molecule has 0 radical (unpaired) electrons. The lowest BCUT2D eigenvalue weighted by atomic mass is 10.1. The van der Waals surface area contributed by atoms with Crippen LogP contribution in [-0.4, -0.2) is 34.8 Å². The van der Waals surface area contributed by atoms with Crippen molar-refractivity contribution in [2.75, 3.05) is 19.0 Å². The Bertz CT molecular complexity index is 924. The fourth-order valence-corrected chi connectivity index (χ4v) is 3.47. The van der Waals surface area contributed by atoms with Crippen LogP contribution in [0.3, 0.4) is 0 Å². The molecule has 1 unspecified atom stereocenters. The van der Waals surface area contributed by atoms with E-state index in [0.717, 1.165) is 22.6 Å². The predicted octanol–water partition coefficient (Wildman–Crippen LogP) is 3.76. The van der Waals surface area contributed by atoms with Gasteiger partial charge in [-0.1, -0.05) is 12.1 Å². The smallest absolute Gasteiger partial charge is 0.352 e. The zero-order valence-corrected chi connectivity index (χ0v) is 15.5. The van der Waals surface area contributed by atoms with Crippen molar-refractivity contribution in [3.05, 3.63) is 41.0 Å². The maximum atomic E-state index is 12.0. The molecule has 8 heteroatoms. The molecule has 0 aliphatic rings. The summed E-state index contributed by atoms with van der Waals surface area (Å²) in [4.78, 5) is 21.0. The topological polar surface area (TPSA) is 93.6 Å². The van der Waals surface area contributed by atoms with Gasteiger partial charge in [-0.25, -0.2) is 14.8 Å². The number of nitrogens with zero attached hydrogens (tertiary/aromatic N) is 2. The van der Waals surface area contributed by atoms with Crippen molar-refractivity contribution in [1.82, 2.24) is 9.97 Å². The molecule has 26 heavy (non-hydrogen) atoms. The number of rotatable bonds is 6. The third kappa shape index (κ3) is 3.41. The average Bonchev–Trinajstić information content (AvgIpc) is 3.00. The zero-order valence-electron chi connectivity index (χ0n) is 14.6. The van der Waals surface area contributed by atoms with Gasteiger partial charge in [-0.15, -0.1) is 11.3 Å². The lowest BCUT2D eigenvalue weighted by Gasteiger charge is -2.16. The van der Waals surface area contributed by atoms with Crippen LogP contribution in [0.4, 0.5) is 5.82 Å². The molecule has 3 rings (SSSR count). The number of benzene rings is 1. The van der Waals surface area contributed by atoms with Crippen LogP contribution in [0.2, 0.25) is 0 Å². The second kappa shape index (κ2) is 7.57. The maximum absolute atomic E-state index is 12.0. The lowest BCUT2D eigenvalue weighted by molar-refractivity contribution is 0.0529. The molecule has 3 aromatic rings. The number of esters is 1. The summed E-state index contributed by atoms with van der Waals surface area (Å²) < 4.78 is 10.2. The SMILES string of the molecule is CCOC(=O)c1sc2ncnc(NC(C)c3ccc(OC)cc3)c2c1O. The average molecular weight is 373 g/mol. The molecule has 0 bridgehead atoms. The standard InChI is InChI=1S/C18H19N3O4S/c1-4-25-18(23)15-14(22)13-16(19-9-20-17(13)26-15)21-10(2)11-5-7-12(24-3)8-6-11/h5-10,22H,4H2,1-3H3,(H,19,20,21). The first-order valence-electron chi connectivity index (χ1n) is 8.09. The number of hydrogen-bond donors (Lipinski definition) is 2. The second-order valence-electron chi connectivity index (χ2n) is 5.54. The Morgan fingerprint density at radius 2 is 2.04 bits per heavy atom. The van der Waals surface area contributed by atoms with E-state index in [1.165, 1.54) is 6.33 Å². The molecule has 1 atom stereocenters. The Morgan fingerprint density at radius 3 is 2.69 bits per heavy atom. The second-order valence-corrected chi connectivity index (χ2v) is 6.54. The van der Waals surface area contributed by atoms with E-state index in [-0.39, 0.29) is 23.3 Å². The minimum Gasteiger partial charge on any atom is -0.505 e. The molecule has 136 valence electrons. The quantitative estimate of drug-likeness (QED) is 0.636. The number of thiophene rings is 1. The van der Waals surface area contributed by atoms with Gasteiger partial charge in [-0.3, -0.25) is 0 Å². The third-order valence-corrected chi connectivity index (χ3v) is 4.96. The van der Waals surface area contributed by atoms with Crippen LogP contribution < -0.4 is 10.1 Å². The molecule has 0 fully saturated rings. The highest BCUT2D eigenvalue weighted by atomic mass is 32.1. The fraction of sp³-hybridized carbons (Fsp3) is 0.278. The highest BCUT2D eigenvalue weighted by molar-refractivity contribution is 7.20. The Morgan fingerprint density at radius 1 is 1.31 bits per heavy atom. The van der Waals surface area contributed by atoms with Gasteiger partial charge in [0.05, 0.1) is 19.1 Å². The largest absolute Gasteiger partial charge is 0.505 e. The number of fused-ring (bicyclic) bond motifs is 1. The number of carbonyl (C=O) groups excluding carboxylic acids is 1. The number of carbonyl (C=O) groups is 1. The van der Waals surface area contributed by atoms with Gasteiger partial charge in [0.1, 0.15) is 22.7 Å². The van der Waals surface area contributed by atoms with Crippen LogP contribution in [0.5, 0.6) is 11.5 Å². The van der Waals surface area contributed by atoms with Gasteiger partial charge in [0.2, 0.25) is 0 Å². The number of methoxy groups -OCH3 is 1. The van der Waals surface area contributed by atoms with Gasteiger partial charge in [-0.2, -0.15) is 0 Å². The van der Waals surface area contributed by atoms with Gasteiger partial charge in [-0.05, 0) is 31.5 Å². The fourth-order valence-electron chi connectivity index (χ4n) is 2.54. The highest BCUT2D eigenvalue weighted by Crippen LogP contribution is 2.40. The van der Waals surface area contributed by atoms with E-state index >= 15 is 0 Å². The molecular weight excluding hydrogens is 354 g/mol. The minimum absolute atomic E-state index is 0.0793. The molecule has 0 saturated heterocycles. The van der Waals surface area contributed by atoms with Crippen molar-refractivity contribution >= 4 is 33.3 Å². The van der Waals surface area contributed by atoms with E-state index in [1.807, 2.05) is 31.2 Å². The Hall–Kier alpha value is -2.87. The molecule has 0 spiro atoms. The number of nitrogens with one attached hydrogen (secondary N) is 1. The van der Waals surface area contributed by atoms with E-state index in [9.17, 15) is 9.90 Å². The summed E-state index contributed by atoms with van der Waals surface area (Å²) in [5.41, 5.74) is 1.03. The molecule has 2 N–H and O–H groups in total. The number of hydrogen-bond acceptors (Lipinski definition) is 8. The van der Waals surface area contributed by atoms with Gasteiger partial charge in [0, 0.05) is 6.04 Å². The summed E-state index contributed by atoms with van der Waals surface area (Å²) >= 11 is 1.08. The third-order valence-electron chi connectivity index (χ3n) is 3.89. The molecule has 0 amide bonds. The van der Waals surface area contributed by atoms with Crippen LogP contribution in [-0.2, 0) is 4.74 Å². The van der Waals surface area contributed by atoms with Crippen molar-refractivity contribution in [2.24, 2.45) is 0 Å². The number of aromatic nitrogens is 2. The molecule has 7 nitrogen and oxygen atoms in total. The normalized spacial score (nSPS) is 12.0. The van der Waals surface area contributed by atoms with Crippen LogP contribution in [0.1, 0.15) is 35.1 Å². The molecule has 1 aromatic carbocycles. The van der Waals surface area contributed by atoms with Gasteiger partial charge in [0.15, 0.2) is 10.6 Å². The highest BCUT2D eigenvalue weighted by Gasteiger charge is 2.23. The van der Waals surface area contributed by atoms with Crippen molar-refractivity contribution in [3.8, 4) is 11.5 Å². The summed E-state index contributed by atoms with van der Waals surface area (Å²) in [6.45, 7) is 3.93. The van der Waals surface area contributed by atoms with Crippen LogP contribution in [0.25, 0.3) is 10.2 Å². The first-order valence-corrected chi connectivity index (χ1v) is 8.90. The van der Waals surface area contributed by atoms with Crippen molar-refractivity contribution in [1.29, 1.82) is 0 Å². The van der Waals surface area contributed by atoms with Crippen molar-refractivity contribution < 1.29 is 19.4 Å². The summed E-state index contributed by atoms with van der Waals surface area (Å²) in [5, 5.41) is 14.2. The summed E-state index contributed by atoms with van der Waals surface area (Å²) in [7, 11) is 1.62. The van der Waals surface area contributed by atoms with Gasteiger partial charge < -0.3 is 19.9 Å². The van der Waals surface area contributed by atoms with E-state index in [2.05, 4.69) is 15.3 Å². The molecule has 2 aromatic heterocycles. The van der Waals surface area contributed by atoms with Crippen LogP contribution in [0.15, 0.2) is 30.6 Å². The monoisotopic (exact) mass is 373 g/mol. The van der Waals surface area contributed by atoms with Gasteiger partial charge in [0.25, 0.3) is 0 Å². The first kappa shape index (κ1) is 17.9.